The van der Waals surface area contributed by atoms with Crippen molar-refractivity contribution in [3.05, 3.63) is 29.3 Å². The number of fused-ring (bicyclic) bond motifs is 3. The topological polar surface area (TPSA) is 34.2 Å². The molecule has 6 rings (SSSR count). The molecule has 2 aromatic rings. The van der Waals surface area contributed by atoms with E-state index >= 15 is 0 Å². The lowest BCUT2D eigenvalue weighted by Gasteiger charge is -2.41. The van der Waals surface area contributed by atoms with Gasteiger partial charge in [0.1, 0.15) is 5.82 Å². The fourth-order valence-electron chi connectivity index (χ4n) is 5.79. The van der Waals surface area contributed by atoms with E-state index in [1.54, 1.807) is 5.56 Å². The van der Waals surface area contributed by atoms with Gasteiger partial charge in [0.2, 0.25) is 0 Å². The highest BCUT2D eigenvalue weighted by Gasteiger charge is 2.37. The Labute approximate surface area is 144 Å². The smallest absolute Gasteiger partial charge is 0.112 e. The van der Waals surface area contributed by atoms with Gasteiger partial charge in [-0.2, -0.15) is 0 Å². The third-order valence-electron chi connectivity index (χ3n) is 7.22. The van der Waals surface area contributed by atoms with Crippen LogP contribution < -0.4 is 10.6 Å². The van der Waals surface area contributed by atoms with Crippen molar-refractivity contribution in [1.29, 1.82) is 0 Å². The number of benzene rings is 1. The Balaban J connectivity index is 1.70. The number of hydrogen-bond donors (Lipinski definition) is 1. The van der Waals surface area contributed by atoms with Crippen LogP contribution >= 0.6 is 0 Å². The zero-order chi connectivity index (χ0) is 16.3. The molecule has 1 saturated heterocycles. The van der Waals surface area contributed by atoms with Crippen LogP contribution in [-0.4, -0.2) is 24.2 Å². The first-order chi connectivity index (χ1) is 11.7. The Bertz CT molecular complexity index is 774. The lowest BCUT2D eigenvalue weighted by atomic mass is 9.69. The van der Waals surface area contributed by atoms with Crippen molar-refractivity contribution >= 4 is 16.7 Å². The fourth-order valence-corrected chi connectivity index (χ4v) is 5.79. The summed E-state index contributed by atoms with van der Waals surface area (Å²) in [5, 5.41) is 1.51. The molecule has 4 heterocycles. The minimum atomic E-state index is 0.225. The second-order valence-electron chi connectivity index (χ2n) is 8.33. The Hall–Kier alpha value is -1.48. The summed E-state index contributed by atoms with van der Waals surface area (Å²) in [4.78, 5) is 2.61. The highest BCUT2D eigenvalue weighted by Crippen LogP contribution is 2.48. The van der Waals surface area contributed by atoms with Crippen LogP contribution in [0.15, 0.2) is 18.2 Å². The average molecular weight is 323 g/mol. The third-order valence-corrected chi connectivity index (χ3v) is 7.22. The molecule has 2 N–H and O–H groups in total. The standard InChI is InChI=1S/C21H29N3/c1-23-18-6-5-16(21(14-22)9-3-2-4-10-21)13-17(18)19-15-7-11-24(12-8-15)20(19)23/h5-6,13,15H,2-4,7-12,14,22H2,1H3. The summed E-state index contributed by atoms with van der Waals surface area (Å²) in [5.41, 5.74) is 11.1. The summed E-state index contributed by atoms with van der Waals surface area (Å²) in [5.74, 6) is 2.26. The van der Waals surface area contributed by atoms with Crippen LogP contribution in [0.5, 0.6) is 0 Å². The van der Waals surface area contributed by atoms with E-state index in [1.165, 1.54) is 80.3 Å². The molecule has 3 heteroatoms. The molecular formula is C21H29N3. The van der Waals surface area contributed by atoms with E-state index in [0.717, 1.165) is 12.5 Å². The van der Waals surface area contributed by atoms with Gasteiger partial charge in [0.15, 0.2) is 0 Å². The minimum Gasteiger partial charge on any atom is -0.358 e. The number of anilines is 1. The summed E-state index contributed by atoms with van der Waals surface area (Å²) in [6.45, 7) is 3.27. The molecule has 1 aromatic heterocycles. The van der Waals surface area contributed by atoms with Crippen LogP contribution in [0, 0.1) is 0 Å². The molecule has 2 fully saturated rings. The molecule has 3 nitrogen and oxygen atoms in total. The largest absolute Gasteiger partial charge is 0.358 e. The number of nitrogens with zero attached hydrogens (tertiary/aromatic N) is 2. The van der Waals surface area contributed by atoms with E-state index in [9.17, 15) is 0 Å². The van der Waals surface area contributed by atoms with Crippen LogP contribution in [0.25, 0.3) is 10.9 Å². The van der Waals surface area contributed by atoms with Gasteiger partial charge in [-0.05, 0) is 49.3 Å². The predicted molar refractivity (Wildman–Crippen MR) is 101 cm³/mol. The van der Waals surface area contributed by atoms with Gasteiger partial charge in [0, 0.05) is 48.6 Å². The van der Waals surface area contributed by atoms with E-state index < -0.39 is 0 Å². The van der Waals surface area contributed by atoms with Crippen molar-refractivity contribution in [1.82, 2.24) is 4.57 Å². The molecule has 0 spiro atoms. The van der Waals surface area contributed by atoms with E-state index in [2.05, 4.69) is 34.7 Å². The second kappa shape index (κ2) is 5.26. The zero-order valence-electron chi connectivity index (χ0n) is 14.9. The van der Waals surface area contributed by atoms with Crippen molar-refractivity contribution in [3.63, 3.8) is 0 Å². The number of nitrogens with two attached hydrogens (primary N) is 1. The maximum Gasteiger partial charge on any atom is 0.112 e. The lowest BCUT2D eigenvalue weighted by molar-refractivity contribution is 0.301. The van der Waals surface area contributed by atoms with E-state index in [4.69, 9.17) is 5.73 Å². The lowest BCUT2D eigenvalue weighted by Crippen LogP contribution is -2.39. The van der Waals surface area contributed by atoms with E-state index in [-0.39, 0.29) is 5.41 Å². The van der Waals surface area contributed by atoms with Crippen molar-refractivity contribution < 1.29 is 0 Å². The van der Waals surface area contributed by atoms with Crippen molar-refractivity contribution in [2.75, 3.05) is 24.5 Å². The van der Waals surface area contributed by atoms with Crippen LogP contribution in [0.4, 0.5) is 5.82 Å². The fraction of sp³-hybridized carbons (Fsp3) is 0.619. The average Bonchev–Trinajstić information content (AvgIpc) is 2.98. The van der Waals surface area contributed by atoms with Gasteiger partial charge in [0.05, 0.1) is 0 Å². The van der Waals surface area contributed by atoms with Crippen LogP contribution in [-0.2, 0) is 12.5 Å². The van der Waals surface area contributed by atoms with Gasteiger partial charge in [-0.3, -0.25) is 0 Å². The Morgan fingerprint density at radius 1 is 1.12 bits per heavy atom. The molecule has 24 heavy (non-hydrogen) atoms. The van der Waals surface area contributed by atoms with Gasteiger partial charge in [-0.25, -0.2) is 0 Å². The van der Waals surface area contributed by atoms with E-state index in [0.29, 0.717) is 0 Å². The number of aryl methyl sites for hydroxylation is 1. The molecule has 3 aliphatic heterocycles. The Morgan fingerprint density at radius 3 is 2.58 bits per heavy atom. The minimum absolute atomic E-state index is 0.225. The molecule has 128 valence electrons. The summed E-state index contributed by atoms with van der Waals surface area (Å²) >= 11 is 0. The van der Waals surface area contributed by atoms with Gasteiger partial charge in [0.25, 0.3) is 0 Å². The highest BCUT2D eigenvalue weighted by atomic mass is 15.3. The van der Waals surface area contributed by atoms with Crippen molar-refractivity contribution in [2.45, 2.75) is 56.3 Å². The monoisotopic (exact) mass is 323 g/mol. The number of rotatable bonds is 2. The number of piperidine rings is 1. The van der Waals surface area contributed by atoms with Crippen molar-refractivity contribution in [3.8, 4) is 0 Å². The maximum absolute atomic E-state index is 6.30. The summed E-state index contributed by atoms with van der Waals surface area (Å²) in [6.07, 6.45) is 9.23. The van der Waals surface area contributed by atoms with Crippen molar-refractivity contribution in [2.24, 2.45) is 12.8 Å². The van der Waals surface area contributed by atoms with Crippen LogP contribution in [0.3, 0.4) is 0 Å². The molecular weight excluding hydrogens is 294 g/mol. The molecule has 0 radical (unpaired) electrons. The molecule has 2 bridgehead atoms. The second-order valence-corrected chi connectivity index (χ2v) is 8.33. The predicted octanol–water partition coefficient (Wildman–Crippen LogP) is 4.04. The Morgan fingerprint density at radius 2 is 1.88 bits per heavy atom. The molecule has 0 atom stereocenters. The van der Waals surface area contributed by atoms with Crippen LogP contribution in [0.1, 0.15) is 62.0 Å². The first-order valence-electron chi connectivity index (χ1n) is 9.81. The summed E-state index contributed by atoms with van der Waals surface area (Å²) < 4.78 is 2.44. The summed E-state index contributed by atoms with van der Waals surface area (Å²) in [7, 11) is 2.25. The molecule has 1 aromatic carbocycles. The number of hydrogen-bond acceptors (Lipinski definition) is 2. The molecule has 0 amide bonds. The highest BCUT2D eigenvalue weighted by molar-refractivity contribution is 5.92. The molecule has 0 unspecified atom stereocenters. The Kier molecular flexibility index (Phi) is 3.25. The third kappa shape index (κ3) is 1.88. The van der Waals surface area contributed by atoms with Gasteiger partial charge >= 0.3 is 0 Å². The first kappa shape index (κ1) is 14.8. The van der Waals surface area contributed by atoms with Gasteiger partial charge in [-0.15, -0.1) is 0 Å². The quantitative estimate of drug-likeness (QED) is 0.905. The van der Waals surface area contributed by atoms with Gasteiger partial charge in [-0.1, -0.05) is 25.3 Å². The van der Waals surface area contributed by atoms with E-state index in [1.807, 2.05) is 0 Å². The zero-order valence-corrected chi connectivity index (χ0v) is 14.9. The molecule has 1 saturated carbocycles. The maximum atomic E-state index is 6.30. The first-order valence-corrected chi connectivity index (χ1v) is 9.81. The number of aromatic nitrogens is 1. The summed E-state index contributed by atoms with van der Waals surface area (Å²) in [6, 6.07) is 7.27. The van der Waals surface area contributed by atoms with Crippen LogP contribution in [0.2, 0.25) is 0 Å². The molecule has 1 aliphatic carbocycles. The van der Waals surface area contributed by atoms with Gasteiger partial charge < -0.3 is 15.2 Å². The normalized spacial score (nSPS) is 23.0. The SMILES string of the molecule is Cn1c2c(c3cc(C4(CN)CCCCC4)ccc31)C1CCN2CC1. The molecule has 4 aliphatic rings.